The zero-order chi connectivity index (χ0) is 11.7. The standard InChI is InChI=1S/C12H18N2O2/c1-4-6-16-14-11-8-13(12(14)15)10(5-2)7-9(11)3/h4,7,10-11H,1,5-6,8H2,2-3H3/t10-,11+/m1/s1. The minimum atomic E-state index is -0.0215. The molecule has 0 aromatic heterocycles. The first-order valence-electron chi connectivity index (χ1n) is 5.71. The second kappa shape index (κ2) is 4.29. The predicted molar refractivity (Wildman–Crippen MR) is 61.7 cm³/mol. The Labute approximate surface area is 96.1 Å². The molecule has 2 aliphatic heterocycles. The van der Waals surface area contributed by atoms with Gasteiger partial charge >= 0.3 is 6.03 Å². The molecular weight excluding hydrogens is 204 g/mol. The summed E-state index contributed by atoms with van der Waals surface area (Å²) in [5, 5.41) is 1.49. The van der Waals surface area contributed by atoms with Gasteiger partial charge in [0.1, 0.15) is 0 Å². The van der Waals surface area contributed by atoms with Crippen molar-refractivity contribution in [2.75, 3.05) is 13.2 Å². The fourth-order valence-corrected chi connectivity index (χ4v) is 2.33. The lowest BCUT2D eigenvalue weighted by Crippen LogP contribution is -2.38. The molecule has 0 spiro atoms. The number of hydroxylamine groups is 2. The van der Waals surface area contributed by atoms with Crippen LogP contribution in [0.3, 0.4) is 0 Å². The Morgan fingerprint density at radius 2 is 2.44 bits per heavy atom. The van der Waals surface area contributed by atoms with Crippen molar-refractivity contribution in [2.45, 2.75) is 32.4 Å². The monoisotopic (exact) mass is 222 g/mol. The smallest absolute Gasteiger partial charge is 0.314 e. The van der Waals surface area contributed by atoms with Crippen LogP contribution in [0.5, 0.6) is 0 Å². The number of fused-ring (bicyclic) bond motifs is 2. The van der Waals surface area contributed by atoms with Gasteiger partial charge in [0.2, 0.25) is 0 Å². The van der Waals surface area contributed by atoms with Crippen LogP contribution in [0.25, 0.3) is 0 Å². The topological polar surface area (TPSA) is 32.8 Å². The molecule has 2 bridgehead atoms. The van der Waals surface area contributed by atoms with Crippen molar-refractivity contribution in [1.82, 2.24) is 9.96 Å². The first-order chi connectivity index (χ1) is 7.69. The Morgan fingerprint density at radius 3 is 3.06 bits per heavy atom. The second-order valence-electron chi connectivity index (χ2n) is 4.25. The van der Waals surface area contributed by atoms with E-state index in [9.17, 15) is 4.79 Å². The lowest BCUT2D eigenvalue weighted by Gasteiger charge is -2.27. The van der Waals surface area contributed by atoms with Crippen LogP contribution in [0.2, 0.25) is 0 Å². The summed E-state index contributed by atoms with van der Waals surface area (Å²) in [6.07, 6.45) is 4.77. The lowest BCUT2D eigenvalue weighted by atomic mass is 10.0. The SMILES string of the molecule is C=CCON1C(=O)N2C[C@H]1C(C)=C[C@H]2CC. The van der Waals surface area contributed by atoms with Gasteiger partial charge in [-0.05, 0) is 18.9 Å². The summed E-state index contributed by atoms with van der Waals surface area (Å²) < 4.78 is 0. The second-order valence-corrected chi connectivity index (χ2v) is 4.25. The molecule has 0 aliphatic carbocycles. The summed E-state index contributed by atoms with van der Waals surface area (Å²) in [4.78, 5) is 19.4. The highest BCUT2D eigenvalue weighted by Gasteiger charge is 2.44. The molecule has 0 aromatic rings. The molecule has 88 valence electrons. The van der Waals surface area contributed by atoms with Gasteiger partial charge in [-0.1, -0.05) is 19.1 Å². The number of hydrogen-bond acceptors (Lipinski definition) is 2. The van der Waals surface area contributed by atoms with Crippen molar-refractivity contribution in [3.8, 4) is 0 Å². The van der Waals surface area contributed by atoms with Gasteiger partial charge in [0.05, 0.1) is 18.7 Å². The van der Waals surface area contributed by atoms with E-state index in [0.717, 1.165) is 13.0 Å². The molecule has 2 heterocycles. The molecule has 4 heteroatoms. The van der Waals surface area contributed by atoms with Crippen LogP contribution in [0, 0.1) is 0 Å². The molecule has 1 fully saturated rings. The lowest BCUT2D eigenvalue weighted by molar-refractivity contribution is -0.109. The summed E-state index contributed by atoms with van der Waals surface area (Å²) in [6.45, 7) is 8.87. The number of urea groups is 1. The zero-order valence-corrected chi connectivity index (χ0v) is 9.85. The summed E-state index contributed by atoms with van der Waals surface area (Å²) >= 11 is 0. The van der Waals surface area contributed by atoms with Crippen molar-refractivity contribution in [1.29, 1.82) is 0 Å². The molecule has 16 heavy (non-hydrogen) atoms. The summed E-state index contributed by atoms with van der Waals surface area (Å²) in [5.74, 6) is 0. The number of hydrogen-bond donors (Lipinski definition) is 0. The molecular formula is C12H18N2O2. The largest absolute Gasteiger partial charge is 0.345 e. The van der Waals surface area contributed by atoms with Gasteiger partial charge in [-0.2, -0.15) is 5.06 Å². The third-order valence-electron chi connectivity index (χ3n) is 3.22. The maximum Gasteiger partial charge on any atom is 0.345 e. The van der Waals surface area contributed by atoms with Gasteiger partial charge in [0, 0.05) is 6.54 Å². The highest BCUT2D eigenvalue weighted by molar-refractivity contribution is 5.78. The first kappa shape index (κ1) is 11.2. The Morgan fingerprint density at radius 1 is 1.69 bits per heavy atom. The number of amides is 2. The van der Waals surface area contributed by atoms with E-state index in [0.29, 0.717) is 6.61 Å². The van der Waals surface area contributed by atoms with Gasteiger partial charge in [-0.25, -0.2) is 4.79 Å². The van der Waals surface area contributed by atoms with Gasteiger partial charge in [-0.3, -0.25) is 4.84 Å². The normalized spacial score (nSPS) is 28.4. The van der Waals surface area contributed by atoms with Crippen LogP contribution in [-0.2, 0) is 4.84 Å². The van der Waals surface area contributed by atoms with Crippen LogP contribution in [0.15, 0.2) is 24.3 Å². The molecule has 2 aliphatic rings. The highest BCUT2D eigenvalue weighted by Crippen LogP contribution is 2.30. The molecule has 0 aromatic carbocycles. The van der Waals surface area contributed by atoms with Crippen molar-refractivity contribution in [3.63, 3.8) is 0 Å². The molecule has 0 unspecified atom stereocenters. The van der Waals surface area contributed by atoms with E-state index in [4.69, 9.17) is 4.84 Å². The average molecular weight is 222 g/mol. The fourth-order valence-electron chi connectivity index (χ4n) is 2.33. The van der Waals surface area contributed by atoms with E-state index in [1.165, 1.54) is 10.6 Å². The number of rotatable bonds is 4. The Hall–Kier alpha value is -1.29. The Bertz CT molecular complexity index is 338. The molecule has 2 atom stereocenters. The van der Waals surface area contributed by atoms with E-state index in [1.54, 1.807) is 6.08 Å². The molecule has 2 rings (SSSR count). The first-order valence-corrected chi connectivity index (χ1v) is 5.71. The molecule has 0 radical (unpaired) electrons. The molecule has 1 saturated heterocycles. The molecule has 4 nitrogen and oxygen atoms in total. The van der Waals surface area contributed by atoms with E-state index in [1.807, 2.05) is 4.90 Å². The third-order valence-corrected chi connectivity index (χ3v) is 3.22. The molecule has 2 amide bonds. The highest BCUT2D eigenvalue weighted by atomic mass is 16.7. The van der Waals surface area contributed by atoms with Crippen LogP contribution in [0.1, 0.15) is 20.3 Å². The van der Waals surface area contributed by atoms with E-state index < -0.39 is 0 Å². The minimum Gasteiger partial charge on any atom is -0.314 e. The number of nitrogens with zero attached hydrogens (tertiary/aromatic N) is 2. The third kappa shape index (κ3) is 1.63. The maximum absolute atomic E-state index is 12.1. The quantitative estimate of drug-likeness (QED) is 0.681. The fraction of sp³-hybridized carbons (Fsp3) is 0.583. The van der Waals surface area contributed by atoms with Crippen molar-refractivity contribution in [3.05, 3.63) is 24.3 Å². The van der Waals surface area contributed by atoms with Crippen LogP contribution < -0.4 is 0 Å². The number of carbonyl (C=O) groups is 1. The average Bonchev–Trinajstić information content (AvgIpc) is 2.57. The summed E-state index contributed by atoms with van der Waals surface area (Å²) in [6, 6.07) is 0.281. The van der Waals surface area contributed by atoms with Crippen LogP contribution >= 0.6 is 0 Å². The van der Waals surface area contributed by atoms with E-state index in [-0.39, 0.29) is 18.1 Å². The van der Waals surface area contributed by atoms with Gasteiger partial charge in [-0.15, -0.1) is 6.58 Å². The van der Waals surface area contributed by atoms with Crippen LogP contribution in [0.4, 0.5) is 4.79 Å². The van der Waals surface area contributed by atoms with Crippen molar-refractivity contribution < 1.29 is 9.63 Å². The number of carbonyl (C=O) groups excluding carboxylic acids is 1. The Kier molecular flexibility index (Phi) is 3.01. The van der Waals surface area contributed by atoms with Gasteiger partial charge < -0.3 is 4.90 Å². The van der Waals surface area contributed by atoms with Gasteiger partial charge in [0.25, 0.3) is 0 Å². The maximum atomic E-state index is 12.1. The summed E-state index contributed by atoms with van der Waals surface area (Å²) in [5.41, 5.74) is 1.22. The van der Waals surface area contributed by atoms with Gasteiger partial charge in [0.15, 0.2) is 0 Å². The predicted octanol–water partition coefficient (Wildman–Crippen LogP) is 1.95. The van der Waals surface area contributed by atoms with E-state index >= 15 is 0 Å². The van der Waals surface area contributed by atoms with Crippen LogP contribution in [-0.4, -0.2) is 41.2 Å². The molecule has 0 N–H and O–H groups in total. The molecule has 0 saturated carbocycles. The van der Waals surface area contributed by atoms with Crippen molar-refractivity contribution >= 4 is 6.03 Å². The Balaban J connectivity index is 2.18. The summed E-state index contributed by atoms with van der Waals surface area (Å²) in [7, 11) is 0. The van der Waals surface area contributed by atoms with Crippen molar-refractivity contribution in [2.24, 2.45) is 0 Å². The zero-order valence-electron chi connectivity index (χ0n) is 9.85. The minimum absolute atomic E-state index is 0.0215. The van der Waals surface area contributed by atoms with E-state index in [2.05, 4.69) is 26.5 Å².